The minimum atomic E-state index is -0.0231. The van der Waals surface area contributed by atoms with Crippen LogP contribution in [-0.2, 0) is 4.79 Å². The molecular formula is C16H17N7OS. The number of aromatic amines is 1. The van der Waals surface area contributed by atoms with E-state index >= 15 is 0 Å². The minimum absolute atomic E-state index is 0.0231. The van der Waals surface area contributed by atoms with Crippen molar-refractivity contribution in [2.24, 2.45) is 0 Å². The Kier molecular flexibility index (Phi) is 3.92. The second-order valence-corrected chi connectivity index (χ2v) is 6.84. The summed E-state index contributed by atoms with van der Waals surface area (Å²) in [7, 11) is 0. The van der Waals surface area contributed by atoms with Crippen LogP contribution in [0.1, 0.15) is 6.92 Å². The molecule has 1 amide bonds. The molecule has 0 bridgehead atoms. The molecule has 2 aromatic heterocycles. The number of imidazole rings is 1. The number of nitrogens with one attached hydrogen (secondary N) is 2. The number of nitrogen functional groups attached to an aromatic ring is 1. The molecule has 0 saturated heterocycles. The van der Waals surface area contributed by atoms with Gasteiger partial charge in [0.1, 0.15) is 5.52 Å². The van der Waals surface area contributed by atoms with Gasteiger partial charge < -0.3 is 20.9 Å². The summed E-state index contributed by atoms with van der Waals surface area (Å²) in [4.78, 5) is 31.1. The Balaban J connectivity index is 1.57. The highest BCUT2D eigenvalue weighted by Gasteiger charge is 2.28. The molecule has 1 aliphatic heterocycles. The highest BCUT2D eigenvalue weighted by molar-refractivity contribution is 7.99. The van der Waals surface area contributed by atoms with Gasteiger partial charge in [-0.05, 0) is 19.1 Å². The molecule has 1 unspecified atom stereocenters. The third-order valence-electron chi connectivity index (χ3n) is 4.02. The van der Waals surface area contributed by atoms with Gasteiger partial charge in [-0.3, -0.25) is 4.79 Å². The lowest BCUT2D eigenvalue weighted by Gasteiger charge is -2.34. The van der Waals surface area contributed by atoms with Gasteiger partial charge in [-0.1, -0.05) is 12.1 Å². The minimum Gasteiger partial charge on any atom is -0.368 e. The van der Waals surface area contributed by atoms with Crippen LogP contribution in [0.25, 0.3) is 11.2 Å². The van der Waals surface area contributed by atoms with E-state index in [9.17, 15) is 4.79 Å². The quantitative estimate of drug-likeness (QED) is 0.657. The highest BCUT2D eigenvalue weighted by Crippen LogP contribution is 2.37. The molecule has 9 heteroatoms. The summed E-state index contributed by atoms with van der Waals surface area (Å²) < 4.78 is 0. The number of thioether (sulfide) groups is 1. The maximum Gasteiger partial charge on any atom is 0.246 e. The van der Waals surface area contributed by atoms with E-state index in [4.69, 9.17) is 5.73 Å². The largest absolute Gasteiger partial charge is 0.368 e. The first-order valence-electron chi connectivity index (χ1n) is 7.88. The number of nitrogens with two attached hydrogens (primary N) is 1. The molecule has 0 fully saturated rings. The number of aromatic nitrogens is 4. The molecule has 0 saturated carbocycles. The molecule has 25 heavy (non-hydrogen) atoms. The predicted octanol–water partition coefficient (Wildman–Crippen LogP) is 1.87. The molecule has 0 radical (unpaired) electrons. The number of carbonyl (C=O) groups excluding carboxylic acids is 1. The second-order valence-electron chi connectivity index (χ2n) is 5.78. The Morgan fingerprint density at radius 2 is 2.28 bits per heavy atom. The molecule has 1 aromatic carbocycles. The zero-order valence-electron chi connectivity index (χ0n) is 13.6. The number of benzene rings is 1. The van der Waals surface area contributed by atoms with Crippen molar-refractivity contribution in [3.63, 3.8) is 0 Å². The fourth-order valence-electron chi connectivity index (χ4n) is 2.90. The lowest BCUT2D eigenvalue weighted by Crippen LogP contribution is -2.45. The highest BCUT2D eigenvalue weighted by atomic mass is 32.2. The van der Waals surface area contributed by atoms with Crippen LogP contribution in [0.3, 0.4) is 0 Å². The van der Waals surface area contributed by atoms with Crippen molar-refractivity contribution in [1.29, 1.82) is 0 Å². The fourth-order valence-corrected chi connectivity index (χ4v) is 3.96. The van der Waals surface area contributed by atoms with E-state index < -0.39 is 0 Å². The summed E-state index contributed by atoms with van der Waals surface area (Å²) in [5.74, 6) is 1.43. The van der Waals surface area contributed by atoms with Gasteiger partial charge >= 0.3 is 0 Å². The number of hydrogen-bond acceptors (Lipinski definition) is 7. The summed E-state index contributed by atoms with van der Waals surface area (Å²) in [5, 5.41) is 3.06. The summed E-state index contributed by atoms with van der Waals surface area (Å²) >= 11 is 1.77. The molecular weight excluding hydrogens is 338 g/mol. The summed E-state index contributed by atoms with van der Waals surface area (Å²) in [6, 6.07) is 8.08. The first-order valence-corrected chi connectivity index (χ1v) is 8.86. The second kappa shape index (κ2) is 6.25. The SMILES string of the molecule is CC1CSc2ccccc2N1C(=O)CNc1nc(N)nc2nc[nH]c12. The van der Waals surface area contributed by atoms with E-state index in [1.54, 1.807) is 11.8 Å². The molecule has 8 nitrogen and oxygen atoms in total. The lowest BCUT2D eigenvalue weighted by molar-refractivity contribution is -0.117. The van der Waals surface area contributed by atoms with Crippen molar-refractivity contribution in [1.82, 2.24) is 19.9 Å². The van der Waals surface area contributed by atoms with Crippen molar-refractivity contribution in [3.05, 3.63) is 30.6 Å². The molecule has 1 aliphatic rings. The molecule has 0 spiro atoms. The third kappa shape index (κ3) is 2.86. The zero-order chi connectivity index (χ0) is 17.4. The average Bonchev–Trinajstić information content (AvgIpc) is 3.07. The summed E-state index contributed by atoms with van der Waals surface area (Å²) in [5.41, 5.74) is 7.75. The Morgan fingerprint density at radius 3 is 3.16 bits per heavy atom. The van der Waals surface area contributed by atoms with Crippen LogP contribution in [-0.4, -0.2) is 44.2 Å². The predicted molar refractivity (Wildman–Crippen MR) is 98.7 cm³/mol. The van der Waals surface area contributed by atoms with E-state index in [0.717, 1.165) is 16.3 Å². The van der Waals surface area contributed by atoms with Crippen molar-refractivity contribution in [2.45, 2.75) is 17.9 Å². The van der Waals surface area contributed by atoms with E-state index in [1.807, 2.05) is 29.2 Å². The Morgan fingerprint density at radius 1 is 1.44 bits per heavy atom. The Bertz CT molecular complexity index is 941. The monoisotopic (exact) mass is 355 g/mol. The van der Waals surface area contributed by atoms with Gasteiger partial charge in [-0.15, -0.1) is 11.8 Å². The zero-order valence-corrected chi connectivity index (χ0v) is 14.4. The van der Waals surface area contributed by atoms with E-state index in [-0.39, 0.29) is 24.4 Å². The van der Waals surface area contributed by atoms with Gasteiger partial charge in [0.15, 0.2) is 11.5 Å². The molecule has 4 N–H and O–H groups in total. The van der Waals surface area contributed by atoms with Crippen LogP contribution in [0, 0.1) is 0 Å². The van der Waals surface area contributed by atoms with Gasteiger partial charge in [0.2, 0.25) is 11.9 Å². The molecule has 1 atom stereocenters. The normalized spacial score (nSPS) is 16.7. The molecule has 3 heterocycles. The number of fused-ring (bicyclic) bond motifs is 2. The van der Waals surface area contributed by atoms with Crippen LogP contribution >= 0.6 is 11.8 Å². The smallest absolute Gasteiger partial charge is 0.246 e. The summed E-state index contributed by atoms with van der Waals surface area (Å²) in [6.45, 7) is 2.16. The first kappa shape index (κ1) is 15.7. The number of rotatable bonds is 3. The van der Waals surface area contributed by atoms with Crippen LogP contribution in [0.2, 0.25) is 0 Å². The van der Waals surface area contributed by atoms with Gasteiger partial charge in [-0.2, -0.15) is 9.97 Å². The van der Waals surface area contributed by atoms with Gasteiger partial charge in [0.05, 0.1) is 18.6 Å². The third-order valence-corrected chi connectivity index (χ3v) is 5.33. The van der Waals surface area contributed by atoms with E-state index in [1.165, 1.54) is 6.33 Å². The maximum absolute atomic E-state index is 12.9. The van der Waals surface area contributed by atoms with Crippen LogP contribution in [0.15, 0.2) is 35.5 Å². The first-order chi connectivity index (χ1) is 12.1. The van der Waals surface area contributed by atoms with Gasteiger partial charge in [-0.25, -0.2) is 4.98 Å². The van der Waals surface area contributed by atoms with Gasteiger partial charge in [0, 0.05) is 16.7 Å². The Labute approximate surface area is 148 Å². The number of anilines is 3. The van der Waals surface area contributed by atoms with Crippen molar-refractivity contribution in [3.8, 4) is 0 Å². The summed E-state index contributed by atoms with van der Waals surface area (Å²) in [6.07, 6.45) is 1.52. The van der Waals surface area contributed by atoms with Crippen molar-refractivity contribution < 1.29 is 4.79 Å². The number of H-pyrrole nitrogens is 1. The van der Waals surface area contributed by atoms with E-state index in [2.05, 4.69) is 32.2 Å². The number of nitrogens with zero attached hydrogens (tertiary/aromatic N) is 4. The number of para-hydroxylation sites is 1. The van der Waals surface area contributed by atoms with Gasteiger partial charge in [0.25, 0.3) is 0 Å². The number of hydrogen-bond donors (Lipinski definition) is 3. The number of carbonyl (C=O) groups is 1. The molecule has 0 aliphatic carbocycles. The lowest BCUT2D eigenvalue weighted by atomic mass is 10.2. The van der Waals surface area contributed by atoms with Crippen LogP contribution in [0.5, 0.6) is 0 Å². The van der Waals surface area contributed by atoms with E-state index in [0.29, 0.717) is 17.0 Å². The molecule has 128 valence electrons. The standard InChI is InChI=1S/C16H17N7OS/c1-9-7-25-11-5-3-2-4-10(11)23(9)12(24)6-18-14-13-15(20-8-19-13)22-16(17)21-14/h2-5,8-9H,6-7H2,1H3,(H4,17,18,19,20,21,22). The van der Waals surface area contributed by atoms with Crippen LogP contribution < -0.4 is 16.0 Å². The maximum atomic E-state index is 12.9. The van der Waals surface area contributed by atoms with Crippen LogP contribution in [0.4, 0.5) is 17.5 Å². The Hall–Kier alpha value is -2.81. The topological polar surface area (TPSA) is 113 Å². The fraction of sp³-hybridized carbons (Fsp3) is 0.250. The van der Waals surface area contributed by atoms with Crippen molar-refractivity contribution in [2.75, 3.05) is 28.2 Å². The average molecular weight is 355 g/mol. The molecule has 3 aromatic rings. The van der Waals surface area contributed by atoms with Crippen molar-refractivity contribution >= 4 is 46.3 Å². The number of amides is 1. The molecule has 4 rings (SSSR count).